The average Bonchev–Trinajstić information content (AvgIpc) is 2.81. The van der Waals surface area contributed by atoms with Crippen LogP contribution < -0.4 is 4.72 Å². The van der Waals surface area contributed by atoms with Crippen LogP contribution >= 0.6 is 0 Å². The highest BCUT2D eigenvalue weighted by Gasteiger charge is 2.25. The van der Waals surface area contributed by atoms with Gasteiger partial charge in [-0.1, -0.05) is 12.1 Å². The van der Waals surface area contributed by atoms with Gasteiger partial charge in [-0.25, -0.2) is 17.9 Å². The van der Waals surface area contributed by atoms with Gasteiger partial charge in [0.1, 0.15) is 0 Å². The molecule has 1 aromatic carbocycles. The summed E-state index contributed by atoms with van der Waals surface area (Å²) in [6.07, 6.45) is 3.23. The number of rotatable bonds is 5. The van der Waals surface area contributed by atoms with Crippen molar-refractivity contribution in [1.29, 1.82) is 0 Å². The van der Waals surface area contributed by atoms with E-state index in [-0.39, 0.29) is 10.9 Å². The highest BCUT2D eigenvalue weighted by atomic mass is 32.2. The number of aliphatic carboxylic acids is 1. The molecule has 1 aliphatic rings. The molecule has 1 atom stereocenters. The number of nitrogens with one attached hydrogen (secondary N) is 1. The predicted molar refractivity (Wildman–Crippen MR) is 79.3 cm³/mol. The van der Waals surface area contributed by atoms with Gasteiger partial charge in [0, 0.05) is 18.7 Å². The van der Waals surface area contributed by atoms with Gasteiger partial charge in [-0.3, -0.25) is 0 Å². The van der Waals surface area contributed by atoms with E-state index in [1.165, 1.54) is 18.2 Å². The van der Waals surface area contributed by atoms with E-state index in [9.17, 15) is 13.2 Å². The molecule has 0 amide bonds. The molecule has 0 aliphatic carbocycles. The Morgan fingerprint density at radius 3 is 2.57 bits per heavy atom. The third-order valence-corrected chi connectivity index (χ3v) is 4.86. The second-order valence-electron chi connectivity index (χ2n) is 5.11. The van der Waals surface area contributed by atoms with Crippen molar-refractivity contribution in [2.24, 2.45) is 0 Å². The number of sulfonamides is 1. The largest absolute Gasteiger partial charge is 0.478 e. The van der Waals surface area contributed by atoms with Crippen LogP contribution in [0.4, 0.5) is 0 Å². The van der Waals surface area contributed by atoms with Crippen LogP contribution in [-0.4, -0.2) is 50.6 Å². The normalized spacial score (nSPS) is 20.1. The van der Waals surface area contributed by atoms with Crippen molar-refractivity contribution in [2.45, 2.75) is 17.4 Å². The van der Waals surface area contributed by atoms with E-state index in [0.29, 0.717) is 12.1 Å². The van der Waals surface area contributed by atoms with E-state index in [1.807, 2.05) is 7.05 Å². The third-order valence-electron chi connectivity index (χ3n) is 3.32. The monoisotopic (exact) mass is 310 g/mol. The summed E-state index contributed by atoms with van der Waals surface area (Å²) in [7, 11) is -1.58. The van der Waals surface area contributed by atoms with Crippen LogP contribution in [0.2, 0.25) is 0 Å². The smallest absolute Gasteiger partial charge is 0.328 e. The quantitative estimate of drug-likeness (QED) is 0.784. The van der Waals surface area contributed by atoms with Crippen LogP contribution in [0.15, 0.2) is 35.2 Å². The van der Waals surface area contributed by atoms with Crippen LogP contribution in [-0.2, 0) is 14.8 Å². The summed E-state index contributed by atoms with van der Waals surface area (Å²) in [4.78, 5) is 12.7. The van der Waals surface area contributed by atoms with Gasteiger partial charge in [-0.2, -0.15) is 0 Å². The molecule has 0 spiro atoms. The minimum atomic E-state index is -3.53. The van der Waals surface area contributed by atoms with Gasteiger partial charge in [-0.05, 0) is 43.8 Å². The fourth-order valence-corrected chi connectivity index (χ4v) is 3.51. The maximum atomic E-state index is 12.2. The fourth-order valence-electron chi connectivity index (χ4n) is 2.24. The van der Waals surface area contributed by atoms with Gasteiger partial charge in [0.15, 0.2) is 0 Å². The van der Waals surface area contributed by atoms with Crippen molar-refractivity contribution >= 4 is 22.1 Å². The number of hydrogen-bond acceptors (Lipinski definition) is 4. The van der Waals surface area contributed by atoms with Crippen molar-refractivity contribution in [1.82, 2.24) is 9.62 Å². The Kier molecular flexibility index (Phi) is 4.76. The molecule has 21 heavy (non-hydrogen) atoms. The van der Waals surface area contributed by atoms with E-state index >= 15 is 0 Å². The Labute approximate surface area is 124 Å². The molecule has 0 bridgehead atoms. The minimum absolute atomic E-state index is 0.0633. The predicted octanol–water partition coefficient (Wildman–Crippen LogP) is 0.767. The average molecular weight is 310 g/mol. The molecular weight excluding hydrogens is 292 g/mol. The first kappa shape index (κ1) is 15.7. The lowest BCUT2D eigenvalue weighted by Crippen LogP contribution is -2.36. The second kappa shape index (κ2) is 6.38. The van der Waals surface area contributed by atoms with Crippen LogP contribution in [0.1, 0.15) is 12.0 Å². The zero-order chi connectivity index (χ0) is 15.5. The summed E-state index contributed by atoms with van der Waals surface area (Å²) < 4.78 is 27.2. The maximum absolute atomic E-state index is 12.2. The van der Waals surface area contributed by atoms with Crippen molar-refractivity contribution in [3.8, 4) is 0 Å². The van der Waals surface area contributed by atoms with Gasteiger partial charge < -0.3 is 10.0 Å². The summed E-state index contributed by atoms with van der Waals surface area (Å²) >= 11 is 0. The fraction of sp³-hybridized carbons (Fsp3) is 0.357. The number of hydrogen-bond donors (Lipinski definition) is 2. The Hall–Kier alpha value is -1.70. The molecular formula is C14H18N2O4S. The molecule has 0 saturated carbocycles. The summed E-state index contributed by atoms with van der Waals surface area (Å²) in [6.45, 7) is 1.59. The van der Waals surface area contributed by atoms with Gasteiger partial charge in [0.05, 0.1) is 4.90 Å². The lowest BCUT2D eigenvalue weighted by Gasteiger charge is -2.13. The molecule has 2 N–H and O–H groups in total. The van der Waals surface area contributed by atoms with Crippen LogP contribution in [0.25, 0.3) is 6.08 Å². The molecule has 1 saturated heterocycles. The Morgan fingerprint density at radius 2 is 2.05 bits per heavy atom. The first-order valence-corrected chi connectivity index (χ1v) is 8.07. The van der Waals surface area contributed by atoms with Gasteiger partial charge in [0.2, 0.25) is 10.0 Å². The Bertz CT molecular complexity index is 637. The van der Waals surface area contributed by atoms with Crippen molar-refractivity contribution in [3.63, 3.8) is 0 Å². The minimum Gasteiger partial charge on any atom is -0.478 e. The lowest BCUT2D eigenvalue weighted by molar-refractivity contribution is -0.131. The first-order valence-electron chi connectivity index (χ1n) is 6.59. The molecule has 1 unspecified atom stereocenters. The molecule has 1 fully saturated rings. The van der Waals surface area contributed by atoms with E-state index in [2.05, 4.69) is 9.62 Å². The molecule has 0 aromatic heterocycles. The summed E-state index contributed by atoms with van der Waals surface area (Å²) in [5.74, 6) is -1.04. The molecule has 7 heteroatoms. The van der Waals surface area contributed by atoms with Crippen LogP contribution in [0.5, 0.6) is 0 Å². The highest BCUT2D eigenvalue weighted by Crippen LogP contribution is 2.15. The van der Waals surface area contributed by atoms with Gasteiger partial charge in [-0.15, -0.1) is 0 Å². The molecule has 2 rings (SSSR count). The molecule has 1 aromatic rings. The number of likely N-dealkylation sites (tertiary alicyclic amines) is 1. The Morgan fingerprint density at radius 1 is 1.38 bits per heavy atom. The zero-order valence-corrected chi connectivity index (χ0v) is 12.5. The molecule has 0 radical (unpaired) electrons. The summed E-state index contributed by atoms with van der Waals surface area (Å²) in [6, 6.07) is 6.04. The zero-order valence-electron chi connectivity index (χ0n) is 11.7. The number of nitrogens with zero attached hydrogens (tertiary/aromatic N) is 1. The SMILES string of the molecule is CN1CCC(NS(=O)(=O)c2ccc(C=CC(=O)O)cc2)C1. The molecule has 114 valence electrons. The molecule has 1 heterocycles. The first-order chi connectivity index (χ1) is 9.87. The lowest BCUT2D eigenvalue weighted by atomic mass is 10.2. The standard InChI is InChI=1S/C14H18N2O4S/c1-16-9-8-12(10-16)15-21(19,20)13-5-2-11(3-6-13)4-7-14(17)18/h2-7,12,15H,8-10H2,1H3,(H,17,18). The molecule has 1 aliphatic heterocycles. The van der Waals surface area contributed by atoms with Crippen LogP contribution in [0.3, 0.4) is 0 Å². The molecule has 6 nitrogen and oxygen atoms in total. The van der Waals surface area contributed by atoms with Gasteiger partial charge in [0.25, 0.3) is 0 Å². The summed E-state index contributed by atoms with van der Waals surface area (Å²) in [5.41, 5.74) is 0.636. The van der Waals surface area contributed by atoms with E-state index in [1.54, 1.807) is 12.1 Å². The van der Waals surface area contributed by atoms with Crippen molar-refractivity contribution in [2.75, 3.05) is 20.1 Å². The van der Waals surface area contributed by atoms with Gasteiger partial charge >= 0.3 is 5.97 Å². The highest BCUT2D eigenvalue weighted by molar-refractivity contribution is 7.89. The third kappa shape index (κ3) is 4.38. The number of carboxylic acid groups (broad SMARTS) is 1. The topological polar surface area (TPSA) is 86.7 Å². The van der Waals surface area contributed by atoms with Crippen LogP contribution in [0, 0.1) is 0 Å². The number of carboxylic acids is 1. The number of carbonyl (C=O) groups is 1. The van der Waals surface area contributed by atoms with Crippen molar-refractivity contribution < 1.29 is 18.3 Å². The van der Waals surface area contributed by atoms with E-state index < -0.39 is 16.0 Å². The van der Waals surface area contributed by atoms with Crippen molar-refractivity contribution in [3.05, 3.63) is 35.9 Å². The Balaban J connectivity index is 2.08. The van der Waals surface area contributed by atoms with E-state index in [0.717, 1.165) is 19.0 Å². The maximum Gasteiger partial charge on any atom is 0.328 e. The summed E-state index contributed by atoms with van der Waals surface area (Å²) in [5, 5.41) is 8.54. The number of benzene rings is 1. The second-order valence-corrected chi connectivity index (χ2v) is 6.82. The van der Waals surface area contributed by atoms with E-state index in [4.69, 9.17) is 5.11 Å². The number of likely N-dealkylation sites (N-methyl/N-ethyl adjacent to an activating group) is 1.